The van der Waals surface area contributed by atoms with Crippen molar-refractivity contribution >= 4 is 0 Å². The molecule has 1 saturated carbocycles. The van der Waals surface area contributed by atoms with Gasteiger partial charge in [0.2, 0.25) is 0 Å². The van der Waals surface area contributed by atoms with Gasteiger partial charge in [0.15, 0.2) is 5.82 Å². The first kappa shape index (κ1) is 8.62. The van der Waals surface area contributed by atoms with Gasteiger partial charge in [0.05, 0.1) is 7.05 Å². The van der Waals surface area contributed by atoms with Crippen LogP contribution in [0.5, 0.6) is 0 Å². The van der Waals surface area contributed by atoms with Gasteiger partial charge in [-0.2, -0.15) is 4.80 Å². The molecule has 2 N–H and O–H groups in total. The van der Waals surface area contributed by atoms with Crippen LogP contribution in [0.2, 0.25) is 0 Å². The van der Waals surface area contributed by atoms with Gasteiger partial charge in [-0.25, -0.2) is 0 Å². The van der Waals surface area contributed by atoms with Crippen LogP contribution in [0.15, 0.2) is 0 Å². The molecule has 2 atom stereocenters. The second-order valence-electron chi connectivity index (χ2n) is 3.84. The Labute approximate surface area is 77.3 Å². The molecule has 0 amide bonds. The highest BCUT2D eigenvalue weighted by Gasteiger charge is 2.23. The van der Waals surface area contributed by atoms with Gasteiger partial charge >= 0.3 is 0 Å². The highest BCUT2D eigenvalue weighted by molar-refractivity contribution is 4.86. The Morgan fingerprint density at radius 1 is 1.54 bits per heavy atom. The third kappa shape index (κ3) is 2.03. The Bertz CT molecular complexity index is 282. The van der Waals surface area contributed by atoms with Crippen LogP contribution in [0.4, 0.5) is 0 Å². The monoisotopic (exact) mass is 181 g/mol. The highest BCUT2D eigenvalue weighted by Crippen LogP contribution is 2.26. The molecule has 0 spiro atoms. The molecular formula is C8H15N5. The van der Waals surface area contributed by atoms with E-state index in [0.29, 0.717) is 12.0 Å². The molecule has 0 saturated heterocycles. The van der Waals surface area contributed by atoms with E-state index in [2.05, 4.69) is 15.4 Å². The van der Waals surface area contributed by atoms with E-state index >= 15 is 0 Å². The van der Waals surface area contributed by atoms with Crippen molar-refractivity contribution < 1.29 is 0 Å². The van der Waals surface area contributed by atoms with Gasteiger partial charge in [0.1, 0.15) is 0 Å². The van der Waals surface area contributed by atoms with Crippen LogP contribution in [0.1, 0.15) is 25.1 Å². The van der Waals surface area contributed by atoms with Crippen LogP contribution in [-0.4, -0.2) is 26.2 Å². The fourth-order valence-corrected chi connectivity index (χ4v) is 1.96. The van der Waals surface area contributed by atoms with Gasteiger partial charge in [-0.1, -0.05) is 0 Å². The summed E-state index contributed by atoms with van der Waals surface area (Å²) in [5.41, 5.74) is 5.82. The SMILES string of the molecule is Cn1nnc(CC2CCC(N)C2)n1. The third-order valence-electron chi connectivity index (χ3n) is 2.60. The number of hydrogen-bond donors (Lipinski definition) is 1. The summed E-state index contributed by atoms with van der Waals surface area (Å²) in [4.78, 5) is 1.50. The predicted octanol–water partition coefficient (Wildman–Crippen LogP) is -0.120. The van der Waals surface area contributed by atoms with Crippen molar-refractivity contribution in [3.05, 3.63) is 5.82 Å². The van der Waals surface area contributed by atoms with E-state index in [0.717, 1.165) is 25.1 Å². The minimum Gasteiger partial charge on any atom is -0.328 e. The van der Waals surface area contributed by atoms with Gasteiger partial charge in [-0.05, 0) is 30.4 Å². The molecule has 5 heteroatoms. The Balaban J connectivity index is 1.91. The molecule has 1 aliphatic rings. The summed E-state index contributed by atoms with van der Waals surface area (Å²) in [5, 5.41) is 11.9. The molecule has 13 heavy (non-hydrogen) atoms. The first-order valence-corrected chi connectivity index (χ1v) is 4.72. The molecule has 1 aliphatic carbocycles. The van der Waals surface area contributed by atoms with Gasteiger partial charge < -0.3 is 5.73 Å². The Kier molecular flexibility index (Phi) is 2.26. The fourth-order valence-electron chi connectivity index (χ4n) is 1.96. The van der Waals surface area contributed by atoms with Crippen molar-refractivity contribution in [3.8, 4) is 0 Å². The Hall–Kier alpha value is -0.970. The molecule has 2 rings (SSSR count). The second-order valence-corrected chi connectivity index (χ2v) is 3.84. The van der Waals surface area contributed by atoms with E-state index in [-0.39, 0.29) is 0 Å². The molecule has 2 unspecified atom stereocenters. The van der Waals surface area contributed by atoms with Crippen LogP contribution >= 0.6 is 0 Å². The zero-order chi connectivity index (χ0) is 9.26. The van der Waals surface area contributed by atoms with Gasteiger partial charge in [-0.3, -0.25) is 0 Å². The van der Waals surface area contributed by atoms with Gasteiger partial charge in [-0.15, -0.1) is 10.2 Å². The average Bonchev–Trinajstić information content (AvgIpc) is 2.62. The van der Waals surface area contributed by atoms with Crippen LogP contribution in [0.25, 0.3) is 0 Å². The third-order valence-corrected chi connectivity index (χ3v) is 2.60. The zero-order valence-corrected chi connectivity index (χ0v) is 7.85. The number of aryl methyl sites for hydroxylation is 1. The van der Waals surface area contributed by atoms with Crippen molar-refractivity contribution in [2.24, 2.45) is 18.7 Å². The van der Waals surface area contributed by atoms with Gasteiger partial charge in [0.25, 0.3) is 0 Å². The minimum atomic E-state index is 0.390. The lowest BCUT2D eigenvalue weighted by atomic mass is 10.0. The van der Waals surface area contributed by atoms with E-state index < -0.39 is 0 Å². The molecule has 72 valence electrons. The van der Waals surface area contributed by atoms with E-state index in [9.17, 15) is 0 Å². The molecular weight excluding hydrogens is 166 g/mol. The standard InChI is InChI=1S/C8H15N5/c1-13-11-8(10-12-13)5-6-2-3-7(9)4-6/h6-7H,2-5,9H2,1H3. The molecule has 0 radical (unpaired) electrons. The molecule has 1 fully saturated rings. The van der Waals surface area contributed by atoms with Crippen molar-refractivity contribution in [1.29, 1.82) is 0 Å². The number of hydrogen-bond acceptors (Lipinski definition) is 4. The lowest BCUT2D eigenvalue weighted by Gasteiger charge is -2.04. The highest BCUT2D eigenvalue weighted by atomic mass is 15.6. The van der Waals surface area contributed by atoms with Crippen molar-refractivity contribution in [3.63, 3.8) is 0 Å². The van der Waals surface area contributed by atoms with Crippen molar-refractivity contribution in [2.75, 3.05) is 0 Å². The van der Waals surface area contributed by atoms with Gasteiger partial charge in [0, 0.05) is 12.5 Å². The van der Waals surface area contributed by atoms with Crippen LogP contribution in [0, 0.1) is 5.92 Å². The molecule has 0 aliphatic heterocycles. The number of rotatable bonds is 2. The number of nitrogens with two attached hydrogens (primary N) is 1. The van der Waals surface area contributed by atoms with E-state index in [1.54, 1.807) is 7.05 Å². The molecule has 1 aromatic rings. The lowest BCUT2D eigenvalue weighted by Crippen LogP contribution is -2.15. The maximum Gasteiger partial charge on any atom is 0.175 e. The topological polar surface area (TPSA) is 69.6 Å². The average molecular weight is 181 g/mol. The summed E-state index contributed by atoms with van der Waals surface area (Å²) in [6.45, 7) is 0. The van der Waals surface area contributed by atoms with Crippen LogP contribution in [0.3, 0.4) is 0 Å². The second kappa shape index (κ2) is 3.41. The summed E-state index contributed by atoms with van der Waals surface area (Å²) in [6, 6.07) is 0.390. The van der Waals surface area contributed by atoms with E-state index in [4.69, 9.17) is 5.73 Å². The number of tetrazole rings is 1. The van der Waals surface area contributed by atoms with Crippen LogP contribution in [-0.2, 0) is 13.5 Å². The summed E-state index contributed by atoms with van der Waals surface area (Å²) in [7, 11) is 1.79. The lowest BCUT2D eigenvalue weighted by molar-refractivity contribution is 0.518. The summed E-state index contributed by atoms with van der Waals surface area (Å²) < 4.78 is 0. The zero-order valence-electron chi connectivity index (χ0n) is 7.85. The molecule has 0 aromatic carbocycles. The number of aromatic nitrogens is 4. The Morgan fingerprint density at radius 3 is 2.92 bits per heavy atom. The van der Waals surface area contributed by atoms with Crippen molar-refractivity contribution in [2.45, 2.75) is 31.7 Å². The predicted molar refractivity (Wildman–Crippen MR) is 47.8 cm³/mol. The Morgan fingerprint density at radius 2 is 2.38 bits per heavy atom. The fraction of sp³-hybridized carbons (Fsp3) is 0.875. The normalized spacial score (nSPS) is 28.2. The summed E-state index contributed by atoms with van der Waals surface area (Å²) in [5.74, 6) is 1.51. The first-order chi connectivity index (χ1) is 6.24. The largest absolute Gasteiger partial charge is 0.328 e. The maximum absolute atomic E-state index is 5.82. The smallest absolute Gasteiger partial charge is 0.175 e. The number of nitrogens with zero attached hydrogens (tertiary/aromatic N) is 4. The van der Waals surface area contributed by atoms with E-state index in [1.165, 1.54) is 11.2 Å². The van der Waals surface area contributed by atoms with Crippen molar-refractivity contribution in [1.82, 2.24) is 20.2 Å². The summed E-state index contributed by atoms with van der Waals surface area (Å²) >= 11 is 0. The quantitative estimate of drug-likeness (QED) is 0.690. The molecule has 1 aromatic heterocycles. The molecule has 1 heterocycles. The van der Waals surface area contributed by atoms with E-state index in [1.807, 2.05) is 0 Å². The maximum atomic E-state index is 5.82. The van der Waals surface area contributed by atoms with Crippen LogP contribution < -0.4 is 5.73 Å². The molecule has 0 bridgehead atoms. The minimum absolute atomic E-state index is 0.390. The molecule has 5 nitrogen and oxygen atoms in total. The first-order valence-electron chi connectivity index (χ1n) is 4.72. The summed E-state index contributed by atoms with van der Waals surface area (Å²) in [6.07, 6.45) is 4.39.